The molecule has 3 atom stereocenters. The average Bonchev–Trinajstić information content (AvgIpc) is 2.85. The summed E-state index contributed by atoms with van der Waals surface area (Å²) in [5.74, 6) is -0.0802. The quantitative estimate of drug-likeness (QED) is 0.652. The first-order valence-corrected chi connectivity index (χ1v) is 6.43. The topological polar surface area (TPSA) is 79.0 Å². The van der Waals surface area contributed by atoms with Gasteiger partial charge in [-0.2, -0.15) is 0 Å². The standard InChI is InChI=1S/C12H23N3O3/c1-14(2)6-9-5-10(16)7-15(9)11(17)12(13)3-4-18-8-12/h9-10,16H,3-8,13H2,1-2H3. The Balaban J connectivity index is 2.07. The summed E-state index contributed by atoms with van der Waals surface area (Å²) in [6, 6.07) is 0.0449. The molecule has 18 heavy (non-hydrogen) atoms. The Kier molecular flexibility index (Phi) is 3.91. The molecule has 3 N–H and O–H groups in total. The Hall–Kier alpha value is -0.690. The minimum Gasteiger partial charge on any atom is -0.391 e. The molecule has 2 aliphatic heterocycles. The number of carbonyl (C=O) groups excluding carboxylic acids is 1. The smallest absolute Gasteiger partial charge is 0.245 e. The van der Waals surface area contributed by atoms with E-state index in [1.807, 2.05) is 19.0 Å². The van der Waals surface area contributed by atoms with Crippen molar-refractivity contribution in [1.82, 2.24) is 9.80 Å². The van der Waals surface area contributed by atoms with Crippen LogP contribution in [0.15, 0.2) is 0 Å². The molecular weight excluding hydrogens is 234 g/mol. The van der Waals surface area contributed by atoms with Gasteiger partial charge in [0.25, 0.3) is 0 Å². The van der Waals surface area contributed by atoms with E-state index in [4.69, 9.17) is 10.5 Å². The SMILES string of the molecule is CN(C)CC1CC(O)CN1C(=O)C1(N)CCOC1. The minimum absolute atomic E-state index is 0.0449. The van der Waals surface area contributed by atoms with Gasteiger partial charge in [-0.15, -0.1) is 0 Å². The van der Waals surface area contributed by atoms with Crippen molar-refractivity contribution in [2.75, 3.05) is 40.4 Å². The van der Waals surface area contributed by atoms with Crippen LogP contribution in [0.2, 0.25) is 0 Å². The van der Waals surface area contributed by atoms with E-state index in [0.717, 1.165) is 6.54 Å². The first-order chi connectivity index (χ1) is 8.42. The lowest BCUT2D eigenvalue weighted by molar-refractivity contribution is -0.138. The number of hydrogen-bond acceptors (Lipinski definition) is 5. The second-order valence-electron chi connectivity index (χ2n) is 5.72. The molecule has 0 saturated carbocycles. The highest BCUT2D eigenvalue weighted by molar-refractivity contribution is 5.87. The zero-order chi connectivity index (χ0) is 13.3. The van der Waals surface area contributed by atoms with Gasteiger partial charge in [-0.3, -0.25) is 4.79 Å². The molecule has 6 nitrogen and oxygen atoms in total. The number of amides is 1. The van der Waals surface area contributed by atoms with Crippen LogP contribution in [0.1, 0.15) is 12.8 Å². The molecule has 0 radical (unpaired) electrons. The van der Waals surface area contributed by atoms with Crippen LogP contribution in [0.25, 0.3) is 0 Å². The molecule has 0 aromatic carbocycles. The predicted molar refractivity (Wildman–Crippen MR) is 67.0 cm³/mol. The van der Waals surface area contributed by atoms with E-state index in [1.165, 1.54) is 0 Å². The fourth-order valence-electron chi connectivity index (χ4n) is 2.77. The number of nitrogens with two attached hydrogens (primary N) is 1. The lowest BCUT2D eigenvalue weighted by Gasteiger charge is -2.32. The van der Waals surface area contributed by atoms with Crippen molar-refractivity contribution in [1.29, 1.82) is 0 Å². The first-order valence-electron chi connectivity index (χ1n) is 6.43. The van der Waals surface area contributed by atoms with Crippen LogP contribution in [0.4, 0.5) is 0 Å². The molecule has 0 aromatic heterocycles. The highest BCUT2D eigenvalue weighted by Crippen LogP contribution is 2.25. The van der Waals surface area contributed by atoms with Crippen LogP contribution < -0.4 is 5.73 Å². The largest absolute Gasteiger partial charge is 0.391 e. The molecule has 104 valence electrons. The number of nitrogens with zero attached hydrogens (tertiary/aromatic N) is 2. The maximum Gasteiger partial charge on any atom is 0.245 e. The van der Waals surface area contributed by atoms with Crippen LogP contribution in [-0.4, -0.2) is 78.9 Å². The Labute approximate surface area is 108 Å². The fourth-order valence-corrected chi connectivity index (χ4v) is 2.77. The zero-order valence-corrected chi connectivity index (χ0v) is 11.1. The second kappa shape index (κ2) is 5.13. The summed E-state index contributed by atoms with van der Waals surface area (Å²) in [6.07, 6.45) is 0.748. The Morgan fingerprint density at radius 2 is 2.33 bits per heavy atom. The van der Waals surface area contributed by atoms with Gasteiger partial charge in [-0.25, -0.2) is 0 Å². The normalized spacial score (nSPS) is 36.6. The number of β-amino-alcohol motifs (C(OH)–C–C–N with tert-alkyl or cyclic N) is 1. The van der Waals surface area contributed by atoms with Gasteiger partial charge < -0.3 is 25.4 Å². The van der Waals surface area contributed by atoms with Crippen molar-refractivity contribution < 1.29 is 14.6 Å². The molecule has 2 heterocycles. The molecule has 0 bridgehead atoms. The number of likely N-dealkylation sites (N-methyl/N-ethyl adjacent to an activating group) is 1. The third-order valence-electron chi connectivity index (χ3n) is 3.71. The summed E-state index contributed by atoms with van der Waals surface area (Å²) in [6.45, 7) is 1.96. The van der Waals surface area contributed by atoms with Crippen molar-refractivity contribution in [3.63, 3.8) is 0 Å². The maximum absolute atomic E-state index is 12.5. The number of carbonyl (C=O) groups is 1. The van der Waals surface area contributed by atoms with Crippen molar-refractivity contribution in [3.05, 3.63) is 0 Å². The molecule has 0 aliphatic carbocycles. The highest BCUT2D eigenvalue weighted by atomic mass is 16.5. The number of likely N-dealkylation sites (tertiary alicyclic amines) is 1. The predicted octanol–water partition coefficient (Wildman–Crippen LogP) is -1.37. The van der Waals surface area contributed by atoms with E-state index in [9.17, 15) is 9.90 Å². The molecule has 1 amide bonds. The van der Waals surface area contributed by atoms with Gasteiger partial charge in [0.2, 0.25) is 5.91 Å². The monoisotopic (exact) mass is 257 g/mol. The number of rotatable bonds is 3. The zero-order valence-electron chi connectivity index (χ0n) is 11.1. The van der Waals surface area contributed by atoms with E-state index >= 15 is 0 Å². The van der Waals surface area contributed by atoms with E-state index in [2.05, 4.69) is 0 Å². The summed E-state index contributed by atoms with van der Waals surface area (Å²) >= 11 is 0. The summed E-state index contributed by atoms with van der Waals surface area (Å²) in [4.78, 5) is 16.3. The first kappa shape index (κ1) is 13.7. The minimum atomic E-state index is -0.894. The van der Waals surface area contributed by atoms with Crippen molar-refractivity contribution in [2.24, 2.45) is 5.73 Å². The lowest BCUT2D eigenvalue weighted by Crippen LogP contribution is -2.58. The second-order valence-corrected chi connectivity index (χ2v) is 5.72. The molecule has 2 aliphatic rings. The lowest BCUT2D eigenvalue weighted by atomic mass is 9.98. The van der Waals surface area contributed by atoms with Gasteiger partial charge in [0.1, 0.15) is 5.54 Å². The van der Waals surface area contributed by atoms with E-state index in [0.29, 0.717) is 26.0 Å². The highest BCUT2D eigenvalue weighted by Gasteiger charge is 2.45. The summed E-state index contributed by atoms with van der Waals surface area (Å²) in [7, 11) is 3.93. The van der Waals surface area contributed by atoms with E-state index < -0.39 is 11.6 Å². The van der Waals surface area contributed by atoms with Gasteiger partial charge in [-0.05, 0) is 26.9 Å². The Bertz CT molecular complexity index is 316. The van der Waals surface area contributed by atoms with Crippen LogP contribution in [-0.2, 0) is 9.53 Å². The van der Waals surface area contributed by atoms with Crippen molar-refractivity contribution in [3.8, 4) is 0 Å². The van der Waals surface area contributed by atoms with Crippen LogP contribution in [0.5, 0.6) is 0 Å². The number of hydrogen-bond donors (Lipinski definition) is 2. The Morgan fingerprint density at radius 3 is 2.89 bits per heavy atom. The third-order valence-corrected chi connectivity index (χ3v) is 3.71. The van der Waals surface area contributed by atoms with Crippen molar-refractivity contribution in [2.45, 2.75) is 30.5 Å². The molecule has 2 fully saturated rings. The third kappa shape index (κ3) is 2.66. The van der Waals surface area contributed by atoms with E-state index in [-0.39, 0.29) is 18.6 Å². The van der Waals surface area contributed by atoms with Gasteiger partial charge in [-0.1, -0.05) is 0 Å². The Morgan fingerprint density at radius 1 is 1.61 bits per heavy atom. The van der Waals surface area contributed by atoms with Gasteiger partial charge in [0, 0.05) is 25.7 Å². The molecule has 2 saturated heterocycles. The average molecular weight is 257 g/mol. The fraction of sp³-hybridized carbons (Fsp3) is 0.917. The van der Waals surface area contributed by atoms with Crippen LogP contribution in [0, 0.1) is 0 Å². The maximum atomic E-state index is 12.5. The molecule has 0 aromatic rings. The number of aliphatic hydroxyl groups excluding tert-OH is 1. The van der Waals surface area contributed by atoms with E-state index in [1.54, 1.807) is 4.90 Å². The number of aliphatic hydroxyl groups is 1. The number of ether oxygens (including phenoxy) is 1. The van der Waals surface area contributed by atoms with Crippen molar-refractivity contribution >= 4 is 5.91 Å². The van der Waals surface area contributed by atoms with Crippen LogP contribution >= 0.6 is 0 Å². The van der Waals surface area contributed by atoms with Gasteiger partial charge >= 0.3 is 0 Å². The summed E-state index contributed by atoms with van der Waals surface area (Å²) < 4.78 is 5.24. The van der Waals surface area contributed by atoms with Gasteiger partial charge in [0.05, 0.1) is 12.7 Å². The molecule has 2 rings (SSSR count). The molecular formula is C12H23N3O3. The molecule has 3 unspecified atom stereocenters. The van der Waals surface area contributed by atoms with Gasteiger partial charge in [0.15, 0.2) is 0 Å². The van der Waals surface area contributed by atoms with Crippen LogP contribution in [0.3, 0.4) is 0 Å². The molecule has 0 spiro atoms. The summed E-state index contributed by atoms with van der Waals surface area (Å²) in [5, 5.41) is 9.77. The molecule has 6 heteroatoms. The summed E-state index contributed by atoms with van der Waals surface area (Å²) in [5.41, 5.74) is 5.22.